The van der Waals surface area contributed by atoms with Crippen LogP contribution in [0.2, 0.25) is 0 Å². The summed E-state index contributed by atoms with van der Waals surface area (Å²) in [7, 11) is 0. The van der Waals surface area contributed by atoms with E-state index >= 15 is 0 Å². The van der Waals surface area contributed by atoms with Crippen molar-refractivity contribution in [1.29, 1.82) is 0 Å². The molecule has 1 aliphatic rings. The van der Waals surface area contributed by atoms with Crippen molar-refractivity contribution in [3.8, 4) is 22.3 Å². The summed E-state index contributed by atoms with van der Waals surface area (Å²) in [4.78, 5) is 2.39. The first-order valence-electron chi connectivity index (χ1n) is 14.2. The molecule has 0 atom stereocenters. The molecule has 7 aromatic rings. The zero-order valence-corrected chi connectivity index (χ0v) is 24.0. The van der Waals surface area contributed by atoms with Gasteiger partial charge in [0.1, 0.15) is 0 Å². The van der Waals surface area contributed by atoms with Gasteiger partial charge in [0.15, 0.2) is 0 Å². The normalized spacial score (nSPS) is 13.3. The van der Waals surface area contributed by atoms with E-state index in [9.17, 15) is 0 Å². The third kappa shape index (κ3) is 3.75. The predicted molar refractivity (Wildman–Crippen MR) is 177 cm³/mol. The standard InChI is InChI=1S/C39H29NS/c1-39(2)33-22-23-36-38(32-18-9-10-19-35(32)41-36)37(33)31-21-20-30(25-34(31)39)40(28-15-7-4-8-16-28)29-17-11-14-27(24-29)26-12-5-3-6-13-26/h3-25H,1-2H3. The van der Waals surface area contributed by atoms with E-state index in [4.69, 9.17) is 0 Å². The van der Waals surface area contributed by atoms with Gasteiger partial charge in [-0.25, -0.2) is 0 Å². The summed E-state index contributed by atoms with van der Waals surface area (Å²) in [5.74, 6) is 0. The zero-order valence-electron chi connectivity index (χ0n) is 23.1. The molecule has 0 saturated heterocycles. The summed E-state index contributed by atoms with van der Waals surface area (Å²) in [5.41, 5.74) is 11.4. The molecule has 0 N–H and O–H groups in total. The monoisotopic (exact) mass is 543 g/mol. The first kappa shape index (κ1) is 24.2. The van der Waals surface area contributed by atoms with E-state index in [2.05, 4.69) is 158 Å². The molecular formula is C39H29NS. The Morgan fingerprint density at radius 1 is 0.512 bits per heavy atom. The first-order chi connectivity index (χ1) is 20.1. The van der Waals surface area contributed by atoms with Crippen molar-refractivity contribution >= 4 is 48.6 Å². The molecule has 6 aromatic carbocycles. The second kappa shape index (κ2) is 9.19. The summed E-state index contributed by atoms with van der Waals surface area (Å²) in [5, 5.41) is 2.76. The Bertz CT molecular complexity index is 2070. The highest BCUT2D eigenvalue weighted by molar-refractivity contribution is 7.26. The van der Waals surface area contributed by atoms with Gasteiger partial charge in [-0.15, -0.1) is 11.3 Å². The minimum absolute atomic E-state index is 0.105. The van der Waals surface area contributed by atoms with E-state index in [0.29, 0.717) is 0 Å². The Morgan fingerprint density at radius 2 is 1.20 bits per heavy atom. The van der Waals surface area contributed by atoms with E-state index < -0.39 is 0 Å². The van der Waals surface area contributed by atoms with Gasteiger partial charge in [-0.2, -0.15) is 0 Å². The summed E-state index contributed by atoms with van der Waals surface area (Å²) >= 11 is 1.90. The van der Waals surface area contributed by atoms with Crippen LogP contribution in [0.4, 0.5) is 17.1 Å². The van der Waals surface area contributed by atoms with Crippen LogP contribution in [0.1, 0.15) is 25.0 Å². The van der Waals surface area contributed by atoms with Crippen LogP contribution in [0.25, 0.3) is 42.4 Å². The summed E-state index contributed by atoms with van der Waals surface area (Å²) < 4.78 is 2.72. The topological polar surface area (TPSA) is 3.24 Å². The Balaban J connectivity index is 1.33. The van der Waals surface area contributed by atoms with Crippen molar-refractivity contribution in [2.24, 2.45) is 0 Å². The van der Waals surface area contributed by atoms with Crippen LogP contribution in [0.15, 0.2) is 140 Å². The molecule has 0 saturated carbocycles. The van der Waals surface area contributed by atoms with Crippen molar-refractivity contribution in [3.63, 3.8) is 0 Å². The molecule has 0 bridgehead atoms. The highest BCUT2D eigenvalue weighted by atomic mass is 32.1. The molecule has 1 heterocycles. The van der Waals surface area contributed by atoms with E-state index in [1.54, 1.807) is 0 Å². The Hall–Kier alpha value is -4.66. The average molecular weight is 544 g/mol. The number of fused-ring (bicyclic) bond motifs is 7. The van der Waals surface area contributed by atoms with Crippen LogP contribution in [0.3, 0.4) is 0 Å². The largest absolute Gasteiger partial charge is 0.310 e. The molecule has 0 unspecified atom stereocenters. The highest BCUT2D eigenvalue weighted by Crippen LogP contribution is 2.55. The van der Waals surface area contributed by atoms with Crippen molar-refractivity contribution in [2.45, 2.75) is 19.3 Å². The van der Waals surface area contributed by atoms with Gasteiger partial charge in [-0.3, -0.25) is 0 Å². The molecule has 0 fully saturated rings. The van der Waals surface area contributed by atoms with Gasteiger partial charge in [0.2, 0.25) is 0 Å². The number of para-hydroxylation sites is 1. The lowest BCUT2D eigenvalue weighted by Crippen LogP contribution is -2.16. The van der Waals surface area contributed by atoms with Gasteiger partial charge >= 0.3 is 0 Å². The molecule has 0 radical (unpaired) electrons. The minimum atomic E-state index is -0.105. The number of anilines is 3. The van der Waals surface area contributed by atoms with Gasteiger partial charge in [0, 0.05) is 42.6 Å². The van der Waals surface area contributed by atoms with E-state index in [1.165, 1.54) is 59.2 Å². The summed E-state index contributed by atoms with van der Waals surface area (Å²) in [6.07, 6.45) is 0. The Labute approximate surface area is 245 Å². The third-order valence-electron chi connectivity index (χ3n) is 8.65. The van der Waals surface area contributed by atoms with Crippen LogP contribution >= 0.6 is 11.3 Å². The van der Waals surface area contributed by atoms with Gasteiger partial charge in [0.25, 0.3) is 0 Å². The lowest BCUT2D eigenvalue weighted by molar-refractivity contribution is 0.661. The maximum absolute atomic E-state index is 2.43. The van der Waals surface area contributed by atoms with Crippen molar-refractivity contribution in [3.05, 3.63) is 151 Å². The maximum Gasteiger partial charge on any atom is 0.0467 e. The minimum Gasteiger partial charge on any atom is -0.310 e. The molecule has 196 valence electrons. The molecule has 41 heavy (non-hydrogen) atoms. The number of thiophene rings is 1. The van der Waals surface area contributed by atoms with Crippen LogP contribution in [-0.2, 0) is 5.41 Å². The second-order valence-corrected chi connectivity index (χ2v) is 12.5. The van der Waals surface area contributed by atoms with Gasteiger partial charge in [-0.1, -0.05) is 105 Å². The van der Waals surface area contributed by atoms with Gasteiger partial charge in [-0.05, 0) is 81.9 Å². The molecule has 0 amide bonds. The van der Waals surface area contributed by atoms with E-state index in [0.717, 1.165) is 11.4 Å². The number of hydrogen-bond donors (Lipinski definition) is 0. The fourth-order valence-electron chi connectivity index (χ4n) is 6.65. The SMILES string of the molecule is CC1(C)c2cc(N(c3ccccc3)c3cccc(-c4ccccc4)c3)ccc2-c2c1ccc1sc3ccccc3c21. The quantitative estimate of drug-likeness (QED) is 0.213. The molecule has 1 aliphatic carbocycles. The number of hydrogen-bond acceptors (Lipinski definition) is 2. The molecule has 0 aliphatic heterocycles. The van der Waals surface area contributed by atoms with Crippen LogP contribution < -0.4 is 4.90 Å². The average Bonchev–Trinajstić information content (AvgIpc) is 3.51. The number of rotatable bonds is 4. The number of benzene rings is 6. The fraction of sp³-hybridized carbons (Fsp3) is 0.0769. The third-order valence-corrected chi connectivity index (χ3v) is 9.78. The van der Waals surface area contributed by atoms with Gasteiger partial charge in [0.05, 0.1) is 0 Å². The Morgan fingerprint density at radius 3 is 2.02 bits per heavy atom. The summed E-state index contributed by atoms with van der Waals surface area (Å²) in [6.45, 7) is 4.76. The van der Waals surface area contributed by atoms with Crippen molar-refractivity contribution < 1.29 is 0 Å². The smallest absolute Gasteiger partial charge is 0.0467 e. The van der Waals surface area contributed by atoms with Crippen LogP contribution in [-0.4, -0.2) is 0 Å². The molecule has 1 aromatic heterocycles. The van der Waals surface area contributed by atoms with Crippen LogP contribution in [0, 0.1) is 0 Å². The maximum atomic E-state index is 2.43. The van der Waals surface area contributed by atoms with Crippen LogP contribution in [0.5, 0.6) is 0 Å². The second-order valence-electron chi connectivity index (χ2n) is 11.4. The predicted octanol–water partition coefficient (Wildman–Crippen LogP) is 11.5. The lowest BCUT2D eigenvalue weighted by Gasteiger charge is -2.28. The lowest BCUT2D eigenvalue weighted by atomic mass is 9.82. The fourth-order valence-corrected chi connectivity index (χ4v) is 7.76. The van der Waals surface area contributed by atoms with Crippen molar-refractivity contribution in [2.75, 3.05) is 4.90 Å². The van der Waals surface area contributed by atoms with E-state index in [-0.39, 0.29) is 5.41 Å². The molecule has 0 spiro atoms. The molecule has 2 heteroatoms. The molecule has 8 rings (SSSR count). The van der Waals surface area contributed by atoms with E-state index in [1.807, 2.05) is 11.3 Å². The number of nitrogens with zero attached hydrogens (tertiary/aromatic N) is 1. The molecule has 1 nitrogen and oxygen atoms in total. The van der Waals surface area contributed by atoms with Crippen molar-refractivity contribution in [1.82, 2.24) is 0 Å². The highest BCUT2D eigenvalue weighted by Gasteiger charge is 2.37. The molecular weight excluding hydrogens is 515 g/mol. The zero-order chi connectivity index (χ0) is 27.6. The first-order valence-corrected chi connectivity index (χ1v) is 15.0. The summed E-state index contributed by atoms with van der Waals surface area (Å²) in [6, 6.07) is 50.9. The Kier molecular flexibility index (Phi) is 5.42. The van der Waals surface area contributed by atoms with Gasteiger partial charge < -0.3 is 4.90 Å².